The number of hydrogen-bond acceptors (Lipinski definition) is 5. The first-order valence-electron chi connectivity index (χ1n) is 8.81. The molecule has 26 heavy (non-hydrogen) atoms. The van der Waals surface area contributed by atoms with Crippen molar-refractivity contribution in [2.75, 3.05) is 26.0 Å². The average Bonchev–Trinajstić information content (AvgIpc) is 2.71. The molecule has 138 valence electrons. The normalized spacial score (nSPS) is 17.1. The molecule has 2 heterocycles. The van der Waals surface area contributed by atoms with Crippen molar-refractivity contribution in [3.05, 3.63) is 54.4 Å². The van der Waals surface area contributed by atoms with Gasteiger partial charge in [0.2, 0.25) is 5.91 Å². The van der Waals surface area contributed by atoms with Gasteiger partial charge >= 0.3 is 0 Å². The van der Waals surface area contributed by atoms with Crippen molar-refractivity contribution in [2.45, 2.75) is 30.4 Å². The van der Waals surface area contributed by atoms with Crippen LogP contribution in [0.1, 0.15) is 18.5 Å². The quantitative estimate of drug-likeness (QED) is 0.698. The number of pyridine rings is 1. The third-order valence-corrected chi connectivity index (χ3v) is 5.31. The summed E-state index contributed by atoms with van der Waals surface area (Å²) in [5.74, 6) is 1.40. The lowest BCUT2D eigenvalue weighted by molar-refractivity contribution is -0.132. The van der Waals surface area contributed by atoms with Gasteiger partial charge in [0.25, 0.3) is 0 Å². The van der Waals surface area contributed by atoms with Gasteiger partial charge in [-0.1, -0.05) is 12.1 Å². The zero-order chi connectivity index (χ0) is 18.2. The van der Waals surface area contributed by atoms with Gasteiger partial charge in [-0.05, 0) is 43.2 Å². The van der Waals surface area contributed by atoms with Crippen LogP contribution < -0.4 is 4.74 Å². The topological polar surface area (TPSA) is 51.7 Å². The molecule has 1 aliphatic heterocycles. The van der Waals surface area contributed by atoms with Crippen molar-refractivity contribution in [2.24, 2.45) is 0 Å². The number of piperidine rings is 1. The highest BCUT2D eigenvalue weighted by Crippen LogP contribution is 2.24. The van der Waals surface area contributed by atoms with Crippen LogP contribution in [0.3, 0.4) is 0 Å². The maximum atomic E-state index is 12.6. The van der Waals surface area contributed by atoms with E-state index in [0.717, 1.165) is 35.7 Å². The van der Waals surface area contributed by atoms with Gasteiger partial charge in [-0.2, -0.15) is 0 Å². The number of amides is 1. The number of carbonyl (C=O) groups excluding carboxylic acids is 1. The van der Waals surface area contributed by atoms with E-state index in [1.165, 1.54) is 0 Å². The molecule has 1 atom stereocenters. The van der Waals surface area contributed by atoms with Crippen LogP contribution in [0.4, 0.5) is 0 Å². The zero-order valence-electron chi connectivity index (χ0n) is 15.0. The highest BCUT2D eigenvalue weighted by atomic mass is 32.2. The predicted molar refractivity (Wildman–Crippen MR) is 102 cm³/mol. The minimum atomic E-state index is 0.0801. The van der Waals surface area contributed by atoms with Crippen LogP contribution in [-0.2, 0) is 16.1 Å². The Labute approximate surface area is 158 Å². The second-order valence-electron chi connectivity index (χ2n) is 6.20. The summed E-state index contributed by atoms with van der Waals surface area (Å²) in [6.07, 6.45) is 3.81. The summed E-state index contributed by atoms with van der Waals surface area (Å²) < 4.78 is 11.2. The van der Waals surface area contributed by atoms with Gasteiger partial charge in [-0.15, -0.1) is 11.8 Å². The second-order valence-corrected chi connectivity index (χ2v) is 7.25. The number of benzene rings is 1. The van der Waals surface area contributed by atoms with Crippen molar-refractivity contribution in [1.82, 2.24) is 9.88 Å². The van der Waals surface area contributed by atoms with E-state index in [2.05, 4.69) is 4.98 Å². The monoisotopic (exact) mass is 372 g/mol. The molecule has 6 heteroatoms. The van der Waals surface area contributed by atoms with Crippen LogP contribution in [-0.4, -0.2) is 47.8 Å². The molecular formula is C20H24N2O3S. The largest absolute Gasteiger partial charge is 0.497 e. The van der Waals surface area contributed by atoms with Gasteiger partial charge in [-0.25, -0.2) is 0 Å². The molecule has 3 rings (SSSR count). The molecule has 0 saturated carbocycles. The molecule has 0 bridgehead atoms. The highest BCUT2D eigenvalue weighted by Gasteiger charge is 2.24. The molecule has 1 aromatic carbocycles. The van der Waals surface area contributed by atoms with Crippen molar-refractivity contribution < 1.29 is 14.3 Å². The Morgan fingerprint density at radius 1 is 1.31 bits per heavy atom. The number of nitrogens with zero attached hydrogens (tertiary/aromatic N) is 2. The fraction of sp³-hybridized carbons (Fsp3) is 0.400. The van der Waals surface area contributed by atoms with Gasteiger partial charge in [0, 0.05) is 24.2 Å². The van der Waals surface area contributed by atoms with Crippen LogP contribution in [0.25, 0.3) is 0 Å². The van der Waals surface area contributed by atoms with E-state index in [1.807, 2.05) is 47.4 Å². The number of methoxy groups -OCH3 is 1. The molecular weight excluding hydrogens is 348 g/mol. The number of ether oxygens (including phenoxy) is 2. The first kappa shape index (κ1) is 18.7. The van der Waals surface area contributed by atoms with Crippen LogP contribution >= 0.6 is 11.8 Å². The Morgan fingerprint density at radius 2 is 2.23 bits per heavy atom. The Balaban J connectivity index is 1.46. The lowest BCUT2D eigenvalue weighted by atomic mass is 10.1. The third kappa shape index (κ3) is 5.47. The molecule has 1 unspecified atom stereocenters. The van der Waals surface area contributed by atoms with Crippen molar-refractivity contribution in [3.63, 3.8) is 0 Å². The fourth-order valence-electron chi connectivity index (χ4n) is 2.91. The van der Waals surface area contributed by atoms with Gasteiger partial charge in [0.05, 0.1) is 31.3 Å². The number of aromatic nitrogens is 1. The molecule has 0 spiro atoms. The van der Waals surface area contributed by atoms with E-state index < -0.39 is 0 Å². The minimum absolute atomic E-state index is 0.0801. The number of thioether (sulfide) groups is 1. The molecule has 0 N–H and O–H groups in total. The van der Waals surface area contributed by atoms with Gasteiger partial charge < -0.3 is 14.4 Å². The summed E-state index contributed by atoms with van der Waals surface area (Å²) in [5, 5.41) is 0. The Morgan fingerprint density at radius 3 is 3.04 bits per heavy atom. The second kappa shape index (κ2) is 9.59. The molecule has 1 aromatic heterocycles. The Bertz CT molecular complexity index is 711. The lowest BCUT2D eigenvalue weighted by Crippen LogP contribution is -2.44. The van der Waals surface area contributed by atoms with E-state index in [1.54, 1.807) is 25.1 Å². The molecule has 1 saturated heterocycles. The molecule has 0 radical (unpaired) electrons. The minimum Gasteiger partial charge on any atom is -0.497 e. The number of hydrogen-bond donors (Lipinski definition) is 0. The number of likely N-dealkylation sites (tertiary alicyclic amines) is 1. The van der Waals surface area contributed by atoms with E-state index in [9.17, 15) is 4.79 Å². The van der Waals surface area contributed by atoms with E-state index >= 15 is 0 Å². The molecule has 0 aliphatic carbocycles. The SMILES string of the molecule is COc1cccc(SCC(=O)N2CCCC(OCc3ccccn3)C2)c1. The first-order chi connectivity index (χ1) is 12.7. The van der Waals surface area contributed by atoms with Crippen molar-refractivity contribution >= 4 is 17.7 Å². The van der Waals surface area contributed by atoms with Gasteiger partial charge in [0.15, 0.2) is 0 Å². The summed E-state index contributed by atoms with van der Waals surface area (Å²) >= 11 is 1.54. The van der Waals surface area contributed by atoms with Crippen LogP contribution in [0.2, 0.25) is 0 Å². The number of carbonyl (C=O) groups is 1. The highest BCUT2D eigenvalue weighted by molar-refractivity contribution is 8.00. The van der Waals surface area contributed by atoms with Crippen LogP contribution in [0.15, 0.2) is 53.6 Å². The molecule has 5 nitrogen and oxygen atoms in total. The molecule has 1 amide bonds. The lowest BCUT2D eigenvalue weighted by Gasteiger charge is -2.32. The average molecular weight is 372 g/mol. The number of rotatable bonds is 7. The van der Waals surface area contributed by atoms with Crippen molar-refractivity contribution in [3.8, 4) is 5.75 Å². The standard InChI is InChI=1S/C20H24N2O3S/c1-24-17-7-4-9-19(12-17)26-15-20(23)22-11-5-8-18(13-22)25-14-16-6-2-3-10-21-16/h2-4,6-7,9-10,12,18H,5,8,11,13-15H2,1H3. The summed E-state index contributed by atoms with van der Waals surface area (Å²) in [5.41, 5.74) is 0.921. The van der Waals surface area contributed by atoms with Gasteiger partial charge in [-0.3, -0.25) is 9.78 Å². The third-order valence-electron chi connectivity index (χ3n) is 4.33. The predicted octanol–water partition coefficient (Wildman–Crippen LogP) is 3.39. The summed E-state index contributed by atoms with van der Waals surface area (Å²) in [7, 11) is 1.65. The zero-order valence-corrected chi connectivity index (χ0v) is 15.8. The van der Waals surface area contributed by atoms with E-state index in [4.69, 9.17) is 9.47 Å². The molecule has 1 aliphatic rings. The van der Waals surface area contributed by atoms with E-state index in [-0.39, 0.29) is 12.0 Å². The smallest absolute Gasteiger partial charge is 0.233 e. The van der Waals surface area contributed by atoms with Crippen LogP contribution in [0.5, 0.6) is 5.75 Å². The van der Waals surface area contributed by atoms with Crippen LogP contribution in [0, 0.1) is 0 Å². The Hall–Kier alpha value is -2.05. The Kier molecular flexibility index (Phi) is 6.91. The van der Waals surface area contributed by atoms with E-state index in [0.29, 0.717) is 18.9 Å². The summed E-state index contributed by atoms with van der Waals surface area (Å²) in [4.78, 5) is 19.8. The fourth-order valence-corrected chi connectivity index (χ4v) is 3.76. The van der Waals surface area contributed by atoms with Crippen molar-refractivity contribution in [1.29, 1.82) is 0 Å². The first-order valence-corrected chi connectivity index (χ1v) is 9.79. The molecule has 2 aromatic rings. The molecule has 1 fully saturated rings. The van der Waals surface area contributed by atoms with Gasteiger partial charge in [0.1, 0.15) is 5.75 Å². The maximum Gasteiger partial charge on any atom is 0.233 e. The summed E-state index contributed by atoms with van der Waals surface area (Å²) in [6, 6.07) is 13.6. The summed E-state index contributed by atoms with van der Waals surface area (Å²) in [6.45, 7) is 1.96. The maximum absolute atomic E-state index is 12.6.